The van der Waals surface area contributed by atoms with E-state index in [-0.39, 0.29) is 5.97 Å². The maximum Gasteiger partial charge on any atom is 0.316 e. The average Bonchev–Trinajstić information content (AvgIpc) is 3.05. The number of aromatic nitrogens is 2. The van der Waals surface area contributed by atoms with Gasteiger partial charge in [-0.3, -0.25) is 4.79 Å². The van der Waals surface area contributed by atoms with Crippen LogP contribution in [0.25, 0.3) is 22.4 Å². The highest BCUT2D eigenvalue weighted by Gasteiger charge is 2.26. The molecule has 1 aromatic heterocycles. The molecule has 148 valence electrons. The summed E-state index contributed by atoms with van der Waals surface area (Å²) in [5.41, 5.74) is 2.78. The number of H-pyrrole nitrogens is 1. The number of nitrogens with one attached hydrogen (secondary N) is 1. The monoisotopic (exact) mass is 399 g/mol. The minimum absolute atomic E-state index is 0.287. The van der Waals surface area contributed by atoms with Crippen LogP contribution in [0, 0.1) is 5.41 Å². The number of rotatable bonds is 5. The van der Waals surface area contributed by atoms with Gasteiger partial charge in [0.2, 0.25) is 0 Å². The summed E-state index contributed by atoms with van der Waals surface area (Å²) in [5, 5.41) is 0.638. The average molecular weight is 400 g/mol. The van der Waals surface area contributed by atoms with Crippen molar-refractivity contribution in [1.82, 2.24) is 9.97 Å². The lowest BCUT2D eigenvalue weighted by molar-refractivity contribution is -0.142. The predicted molar refractivity (Wildman–Crippen MR) is 115 cm³/mol. The number of esters is 1. The summed E-state index contributed by atoms with van der Waals surface area (Å²) < 4.78 is 5.81. The van der Waals surface area contributed by atoms with Crippen molar-refractivity contribution in [3.63, 3.8) is 0 Å². The first-order valence-corrected chi connectivity index (χ1v) is 9.87. The first-order valence-electron chi connectivity index (χ1n) is 9.49. The van der Waals surface area contributed by atoms with E-state index in [0.717, 1.165) is 35.4 Å². The second-order valence-electron chi connectivity index (χ2n) is 7.74. The number of nitrogens with zero attached hydrogens (tertiary/aromatic N) is 2. The van der Waals surface area contributed by atoms with E-state index in [4.69, 9.17) is 16.3 Å². The Balaban J connectivity index is 2.10. The van der Waals surface area contributed by atoms with Gasteiger partial charge >= 0.3 is 5.97 Å². The van der Waals surface area contributed by atoms with Crippen LogP contribution in [0.4, 0.5) is 5.69 Å². The standard InChI is InChI=1S/C22H26ClN3O2/c1-6-26(7-2)15-9-10-16(19(13-15)28-21(27)22(3,4)5)20-24-17-11-8-14(23)12-18(17)25-20/h8-13H,6-7H2,1-5H3,(H,24,25). The van der Waals surface area contributed by atoms with E-state index in [1.165, 1.54) is 0 Å². The number of ether oxygens (including phenoxy) is 1. The fourth-order valence-electron chi connectivity index (χ4n) is 2.94. The molecule has 0 fully saturated rings. The van der Waals surface area contributed by atoms with Gasteiger partial charge in [-0.1, -0.05) is 11.6 Å². The van der Waals surface area contributed by atoms with Gasteiger partial charge in [-0.05, 0) is 65.0 Å². The van der Waals surface area contributed by atoms with Crippen molar-refractivity contribution in [1.29, 1.82) is 0 Å². The summed E-state index contributed by atoms with van der Waals surface area (Å²) in [6, 6.07) is 11.4. The molecule has 0 aliphatic heterocycles. The van der Waals surface area contributed by atoms with E-state index >= 15 is 0 Å². The van der Waals surface area contributed by atoms with Crippen LogP contribution in [-0.2, 0) is 4.79 Å². The predicted octanol–water partition coefficient (Wildman–Crippen LogP) is 5.68. The van der Waals surface area contributed by atoms with Gasteiger partial charge in [-0.2, -0.15) is 0 Å². The highest BCUT2D eigenvalue weighted by Crippen LogP contribution is 2.35. The molecule has 28 heavy (non-hydrogen) atoms. The summed E-state index contributed by atoms with van der Waals surface area (Å²) in [4.78, 5) is 22.7. The fraction of sp³-hybridized carbons (Fsp3) is 0.364. The quantitative estimate of drug-likeness (QED) is 0.442. The van der Waals surface area contributed by atoms with Crippen LogP contribution in [0.2, 0.25) is 5.02 Å². The molecule has 0 atom stereocenters. The summed E-state index contributed by atoms with van der Waals surface area (Å²) in [6.07, 6.45) is 0. The van der Waals surface area contributed by atoms with Crippen LogP contribution in [0.5, 0.6) is 5.75 Å². The molecule has 0 saturated heterocycles. The number of hydrogen-bond donors (Lipinski definition) is 1. The SMILES string of the molecule is CCN(CC)c1ccc(-c2nc3ccc(Cl)cc3[nH]2)c(OC(=O)C(C)(C)C)c1. The molecule has 0 radical (unpaired) electrons. The molecule has 0 aliphatic carbocycles. The second kappa shape index (κ2) is 7.84. The lowest BCUT2D eigenvalue weighted by atomic mass is 9.97. The second-order valence-corrected chi connectivity index (χ2v) is 8.18. The molecule has 0 spiro atoms. The molecule has 1 N–H and O–H groups in total. The Morgan fingerprint density at radius 2 is 1.86 bits per heavy atom. The van der Waals surface area contributed by atoms with E-state index in [9.17, 15) is 4.79 Å². The molecule has 0 saturated carbocycles. The van der Waals surface area contributed by atoms with E-state index in [0.29, 0.717) is 16.6 Å². The van der Waals surface area contributed by atoms with Gasteiger partial charge in [0, 0.05) is 29.9 Å². The van der Waals surface area contributed by atoms with Crippen molar-refractivity contribution in [3.05, 3.63) is 41.4 Å². The minimum atomic E-state index is -0.607. The van der Waals surface area contributed by atoms with Crippen molar-refractivity contribution in [2.45, 2.75) is 34.6 Å². The molecular weight excluding hydrogens is 374 g/mol. The molecule has 5 nitrogen and oxygen atoms in total. The topological polar surface area (TPSA) is 58.2 Å². The Morgan fingerprint density at radius 1 is 1.14 bits per heavy atom. The van der Waals surface area contributed by atoms with Crippen molar-refractivity contribution in [2.24, 2.45) is 5.41 Å². The van der Waals surface area contributed by atoms with Gasteiger partial charge in [-0.15, -0.1) is 0 Å². The van der Waals surface area contributed by atoms with Gasteiger partial charge in [0.1, 0.15) is 11.6 Å². The Bertz CT molecular complexity index is 1000. The normalized spacial score (nSPS) is 11.6. The summed E-state index contributed by atoms with van der Waals surface area (Å²) in [5.74, 6) is 0.846. The van der Waals surface area contributed by atoms with Crippen LogP contribution in [-0.4, -0.2) is 29.0 Å². The number of carbonyl (C=O) groups is 1. The minimum Gasteiger partial charge on any atom is -0.425 e. The maximum atomic E-state index is 12.6. The van der Waals surface area contributed by atoms with Gasteiger partial charge in [-0.25, -0.2) is 4.98 Å². The summed E-state index contributed by atoms with van der Waals surface area (Å²) in [6.45, 7) is 11.4. The third-order valence-corrected chi connectivity index (χ3v) is 4.84. The first kappa shape index (κ1) is 20.2. The molecular formula is C22H26ClN3O2. The largest absolute Gasteiger partial charge is 0.425 e. The number of fused-ring (bicyclic) bond motifs is 1. The number of hydrogen-bond acceptors (Lipinski definition) is 4. The van der Waals surface area contributed by atoms with Gasteiger partial charge in [0.05, 0.1) is 22.0 Å². The van der Waals surface area contributed by atoms with Gasteiger partial charge in [0.25, 0.3) is 0 Å². The van der Waals surface area contributed by atoms with Gasteiger partial charge < -0.3 is 14.6 Å². The van der Waals surface area contributed by atoms with E-state index in [1.807, 2.05) is 51.1 Å². The van der Waals surface area contributed by atoms with Gasteiger partial charge in [0.15, 0.2) is 0 Å². The Morgan fingerprint density at radius 3 is 2.50 bits per heavy atom. The number of imidazole rings is 1. The number of aromatic amines is 1. The zero-order chi connectivity index (χ0) is 20.5. The summed E-state index contributed by atoms with van der Waals surface area (Å²) in [7, 11) is 0. The third kappa shape index (κ3) is 4.14. The lowest BCUT2D eigenvalue weighted by Crippen LogP contribution is -2.26. The molecule has 3 rings (SSSR count). The maximum absolute atomic E-state index is 12.6. The highest BCUT2D eigenvalue weighted by molar-refractivity contribution is 6.31. The fourth-order valence-corrected chi connectivity index (χ4v) is 3.11. The van der Waals surface area contributed by atoms with Crippen molar-refractivity contribution in [3.8, 4) is 17.1 Å². The van der Waals surface area contributed by atoms with E-state index in [1.54, 1.807) is 6.07 Å². The Hall–Kier alpha value is -2.53. The number of benzene rings is 2. The molecule has 3 aromatic rings. The molecule has 0 aliphatic rings. The zero-order valence-corrected chi connectivity index (χ0v) is 17.7. The van der Waals surface area contributed by atoms with Crippen LogP contribution < -0.4 is 9.64 Å². The number of halogens is 1. The molecule has 2 aromatic carbocycles. The van der Waals surface area contributed by atoms with E-state index in [2.05, 4.69) is 28.7 Å². The molecule has 0 bridgehead atoms. The molecule has 0 amide bonds. The summed E-state index contributed by atoms with van der Waals surface area (Å²) >= 11 is 6.09. The van der Waals surface area contributed by atoms with Crippen molar-refractivity contribution in [2.75, 3.05) is 18.0 Å². The molecule has 6 heteroatoms. The number of anilines is 1. The van der Waals surface area contributed by atoms with Crippen LogP contribution in [0.3, 0.4) is 0 Å². The molecule has 0 unspecified atom stereocenters. The molecule has 1 heterocycles. The van der Waals surface area contributed by atoms with Crippen LogP contribution >= 0.6 is 11.6 Å². The van der Waals surface area contributed by atoms with E-state index < -0.39 is 5.41 Å². The van der Waals surface area contributed by atoms with Crippen molar-refractivity contribution < 1.29 is 9.53 Å². The third-order valence-electron chi connectivity index (χ3n) is 4.61. The Labute approximate surface area is 170 Å². The lowest BCUT2D eigenvalue weighted by Gasteiger charge is -2.23. The van der Waals surface area contributed by atoms with Crippen LogP contribution in [0.1, 0.15) is 34.6 Å². The Kier molecular flexibility index (Phi) is 5.66. The van der Waals surface area contributed by atoms with Crippen molar-refractivity contribution >= 4 is 34.3 Å². The van der Waals surface area contributed by atoms with Crippen LogP contribution in [0.15, 0.2) is 36.4 Å². The smallest absolute Gasteiger partial charge is 0.316 e. The number of carbonyl (C=O) groups excluding carboxylic acids is 1. The first-order chi connectivity index (χ1) is 13.2. The highest BCUT2D eigenvalue weighted by atomic mass is 35.5. The zero-order valence-electron chi connectivity index (χ0n) is 17.0.